The SMILES string of the molecule is O=C(N1CCN(Cc2ccc(F)cc2Cl)CC1)C1(c2ccccc2)CC1. The molecule has 0 unspecified atom stereocenters. The van der Waals surface area contributed by atoms with E-state index in [9.17, 15) is 9.18 Å². The second-order valence-electron chi connectivity index (χ2n) is 7.25. The highest BCUT2D eigenvalue weighted by molar-refractivity contribution is 6.31. The summed E-state index contributed by atoms with van der Waals surface area (Å²) in [5, 5.41) is 0.463. The summed E-state index contributed by atoms with van der Waals surface area (Å²) in [5.41, 5.74) is 1.78. The van der Waals surface area contributed by atoms with Crippen LogP contribution < -0.4 is 0 Å². The van der Waals surface area contributed by atoms with Gasteiger partial charge in [-0.2, -0.15) is 0 Å². The van der Waals surface area contributed by atoms with Gasteiger partial charge in [-0.3, -0.25) is 9.69 Å². The van der Waals surface area contributed by atoms with Gasteiger partial charge in [0.1, 0.15) is 5.82 Å². The van der Waals surface area contributed by atoms with Crippen molar-refractivity contribution in [2.24, 2.45) is 0 Å². The normalized spacial score (nSPS) is 19.4. The maximum Gasteiger partial charge on any atom is 0.233 e. The Morgan fingerprint density at radius 1 is 1.04 bits per heavy atom. The number of rotatable bonds is 4. The number of amides is 1. The molecule has 5 heteroatoms. The number of halogens is 2. The van der Waals surface area contributed by atoms with Crippen molar-refractivity contribution in [2.75, 3.05) is 26.2 Å². The van der Waals surface area contributed by atoms with Crippen molar-refractivity contribution in [3.05, 3.63) is 70.5 Å². The Balaban J connectivity index is 1.37. The molecule has 2 fully saturated rings. The molecule has 1 aliphatic heterocycles. The molecule has 4 rings (SSSR count). The van der Waals surface area contributed by atoms with Gasteiger partial charge in [-0.15, -0.1) is 0 Å². The lowest BCUT2D eigenvalue weighted by Crippen LogP contribution is -2.51. The summed E-state index contributed by atoms with van der Waals surface area (Å²) in [6.07, 6.45) is 1.89. The van der Waals surface area contributed by atoms with E-state index in [1.165, 1.54) is 12.1 Å². The Morgan fingerprint density at radius 2 is 1.73 bits per heavy atom. The van der Waals surface area contributed by atoms with E-state index in [1.807, 2.05) is 23.1 Å². The second-order valence-corrected chi connectivity index (χ2v) is 7.66. The highest BCUT2D eigenvalue weighted by atomic mass is 35.5. The molecule has 2 aromatic carbocycles. The fraction of sp³-hybridized carbons (Fsp3) is 0.381. The minimum absolute atomic E-state index is 0.267. The molecule has 0 radical (unpaired) electrons. The monoisotopic (exact) mass is 372 g/mol. The first-order chi connectivity index (χ1) is 12.6. The second kappa shape index (κ2) is 7.01. The number of hydrogen-bond acceptors (Lipinski definition) is 2. The summed E-state index contributed by atoms with van der Waals surface area (Å²) in [4.78, 5) is 17.4. The van der Waals surface area contributed by atoms with E-state index in [1.54, 1.807) is 6.07 Å². The summed E-state index contributed by atoms with van der Waals surface area (Å²) in [6, 6.07) is 14.7. The molecule has 1 saturated carbocycles. The molecule has 2 aromatic rings. The molecule has 1 saturated heterocycles. The first-order valence-electron chi connectivity index (χ1n) is 9.10. The summed E-state index contributed by atoms with van der Waals surface area (Å²) in [6.45, 7) is 3.76. The van der Waals surface area contributed by atoms with Gasteiger partial charge in [0.05, 0.1) is 5.41 Å². The highest BCUT2D eigenvalue weighted by Crippen LogP contribution is 2.49. The Kier molecular flexibility index (Phi) is 4.72. The maximum atomic E-state index is 13.2. The van der Waals surface area contributed by atoms with Crippen LogP contribution in [0.1, 0.15) is 24.0 Å². The Morgan fingerprint density at radius 3 is 2.35 bits per heavy atom. The van der Waals surface area contributed by atoms with Gasteiger partial charge in [-0.25, -0.2) is 4.39 Å². The van der Waals surface area contributed by atoms with E-state index >= 15 is 0 Å². The fourth-order valence-corrected chi connectivity index (χ4v) is 4.04. The molecule has 0 spiro atoms. The molecule has 0 bridgehead atoms. The third-order valence-corrected chi connectivity index (χ3v) is 5.91. The van der Waals surface area contributed by atoms with Crippen molar-refractivity contribution in [1.82, 2.24) is 9.80 Å². The van der Waals surface area contributed by atoms with Crippen LogP contribution in [0.3, 0.4) is 0 Å². The Bertz CT molecular complexity index is 799. The molecular formula is C21H22ClFN2O. The lowest BCUT2D eigenvalue weighted by molar-refractivity contribution is -0.135. The van der Waals surface area contributed by atoms with Gasteiger partial charge in [0, 0.05) is 37.7 Å². The van der Waals surface area contributed by atoms with Crippen molar-refractivity contribution in [1.29, 1.82) is 0 Å². The first kappa shape index (κ1) is 17.5. The quantitative estimate of drug-likeness (QED) is 0.813. The third-order valence-electron chi connectivity index (χ3n) is 5.55. The van der Waals surface area contributed by atoms with E-state index in [4.69, 9.17) is 11.6 Å². The van der Waals surface area contributed by atoms with Crippen LogP contribution in [0.4, 0.5) is 4.39 Å². The number of hydrogen-bond donors (Lipinski definition) is 0. The lowest BCUT2D eigenvalue weighted by Gasteiger charge is -2.36. The van der Waals surface area contributed by atoms with Gasteiger partial charge < -0.3 is 4.90 Å². The largest absolute Gasteiger partial charge is 0.339 e. The van der Waals surface area contributed by atoms with Crippen molar-refractivity contribution in [2.45, 2.75) is 24.8 Å². The van der Waals surface area contributed by atoms with E-state index in [-0.39, 0.29) is 17.1 Å². The van der Waals surface area contributed by atoms with E-state index in [2.05, 4.69) is 17.0 Å². The van der Waals surface area contributed by atoms with Gasteiger partial charge in [0.15, 0.2) is 0 Å². The van der Waals surface area contributed by atoms with Crippen LogP contribution in [0.2, 0.25) is 5.02 Å². The Labute approximate surface area is 158 Å². The number of nitrogens with zero attached hydrogens (tertiary/aromatic N) is 2. The van der Waals surface area contributed by atoms with Gasteiger partial charge in [0.25, 0.3) is 0 Å². The predicted molar refractivity (Wildman–Crippen MR) is 101 cm³/mol. The van der Waals surface area contributed by atoms with Gasteiger partial charge >= 0.3 is 0 Å². The molecule has 26 heavy (non-hydrogen) atoms. The van der Waals surface area contributed by atoms with Crippen molar-refractivity contribution < 1.29 is 9.18 Å². The molecule has 3 nitrogen and oxygen atoms in total. The molecule has 1 heterocycles. The number of piperazine rings is 1. The molecule has 0 atom stereocenters. The molecule has 2 aliphatic rings. The minimum Gasteiger partial charge on any atom is -0.339 e. The van der Waals surface area contributed by atoms with Crippen LogP contribution in [0.25, 0.3) is 0 Å². The van der Waals surface area contributed by atoms with Crippen LogP contribution in [0.5, 0.6) is 0 Å². The van der Waals surface area contributed by atoms with E-state index < -0.39 is 0 Å². The first-order valence-corrected chi connectivity index (χ1v) is 9.47. The van der Waals surface area contributed by atoms with Gasteiger partial charge in [-0.05, 0) is 36.1 Å². The van der Waals surface area contributed by atoms with Crippen molar-refractivity contribution in [3.63, 3.8) is 0 Å². The smallest absolute Gasteiger partial charge is 0.233 e. The van der Waals surface area contributed by atoms with Crippen molar-refractivity contribution in [3.8, 4) is 0 Å². The van der Waals surface area contributed by atoms with Crippen LogP contribution >= 0.6 is 11.6 Å². The molecule has 136 valence electrons. The third kappa shape index (κ3) is 3.36. The van der Waals surface area contributed by atoms with Crippen molar-refractivity contribution >= 4 is 17.5 Å². The van der Waals surface area contributed by atoms with Crippen LogP contribution in [0.15, 0.2) is 48.5 Å². The van der Waals surface area contributed by atoms with E-state index in [0.717, 1.165) is 50.1 Å². The van der Waals surface area contributed by atoms with Gasteiger partial charge in [-0.1, -0.05) is 48.0 Å². The fourth-order valence-electron chi connectivity index (χ4n) is 3.81. The zero-order chi connectivity index (χ0) is 18.1. The van der Waals surface area contributed by atoms with Gasteiger partial charge in [0.2, 0.25) is 5.91 Å². The standard InChI is InChI=1S/C21H22ClFN2O/c22-19-14-18(23)7-6-16(19)15-24-10-12-25(13-11-24)20(26)21(8-9-21)17-4-2-1-3-5-17/h1-7,14H,8-13,15H2. The average Bonchev–Trinajstić information content (AvgIpc) is 3.47. The summed E-state index contributed by atoms with van der Waals surface area (Å²) < 4.78 is 13.2. The predicted octanol–water partition coefficient (Wildman–Crippen LogP) is 3.86. The summed E-state index contributed by atoms with van der Waals surface area (Å²) in [7, 11) is 0. The zero-order valence-corrected chi connectivity index (χ0v) is 15.4. The molecule has 1 amide bonds. The zero-order valence-electron chi connectivity index (χ0n) is 14.6. The molecule has 1 aliphatic carbocycles. The molecule has 0 N–H and O–H groups in total. The topological polar surface area (TPSA) is 23.6 Å². The minimum atomic E-state index is -0.315. The summed E-state index contributed by atoms with van der Waals surface area (Å²) in [5.74, 6) is -0.0482. The van der Waals surface area contributed by atoms with Crippen LogP contribution in [-0.4, -0.2) is 41.9 Å². The number of carbonyl (C=O) groups is 1. The number of benzene rings is 2. The maximum absolute atomic E-state index is 13.2. The average molecular weight is 373 g/mol. The van der Waals surface area contributed by atoms with Crippen LogP contribution in [0, 0.1) is 5.82 Å². The highest BCUT2D eigenvalue weighted by Gasteiger charge is 2.53. The summed E-state index contributed by atoms with van der Waals surface area (Å²) >= 11 is 6.13. The van der Waals surface area contributed by atoms with Crippen LogP contribution in [-0.2, 0) is 16.8 Å². The lowest BCUT2D eigenvalue weighted by atomic mass is 9.94. The molecule has 0 aromatic heterocycles. The number of carbonyl (C=O) groups excluding carboxylic acids is 1. The van der Waals surface area contributed by atoms with E-state index in [0.29, 0.717) is 11.6 Å². The Hall–Kier alpha value is -1.91. The molecular weight excluding hydrogens is 351 g/mol.